The molecule has 0 bridgehead atoms. The van der Waals surface area contributed by atoms with Crippen molar-refractivity contribution in [3.8, 4) is 0 Å². The van der Waals surface area contributed by atoms with E-state index in [1.807, 2.05) is 30.3 Å². The normalized spacial score (nSPS) is 18.9. The number of benzene rings is 1. The Morgan fingerprint density at radius 2 is 1.82 bits per heavy atom. The highest BCUT2D eigenvalue weighted by atomic mass is 35.5. The van der Waals surface area contributed by atoms with Crippen LogP contribution >= 0.6 is 11.6 Å². The molecule has 0 aromatic heterocycles. The standard InChI is InChI=1S/C13H13ClN2O/c14-12(10-6-7-10)16-9-8-15(13(16)17)11-4-2-1-3-5-11/h1-5H,6-9H2. The van der Waals surface area contributed by atoms with Crippen LogP contribution in [0.25, 0.3) is 0 Å². The second-order valence-electron chi connectivity index (χ2n) is 4.32. The maximum absolute atomic E-state index is 12.2. The van der Waals surface area contributed by atoms with Gasteiger partial charge in [-0.15, -0.1) is 0 Å². The molecule has 1 aromatic rings. The molecule has 2 amide bonds. The zero-order valence-corrected chi connectivity index (χ0v) is 10.2. The molecule has 0 radical (unpaired) electrons. The van der Waals surface area contributed by atoms with Gasteiger partial charge in [-0.1, -0.05) is 29.8 Å². The molecule has 1 saturated carbocycles. The van der Waals surface area contributed by atoms with E-state index in [1.165, 1.54) is 5.57 Å². The van der Waals surface area contributed by atoms with Gasteiger partial charge >= 0.3 is 6.03 Å². The third kappa shape index (κ3) is 1.91. The molecule has 1 aliphatic carbocycles. The van der Waals surface area contributed by atoms with Crippen molar-refractivity contribution in [2.75, 3.05) is 18.0 Å². The molecule has 4 heteroatoms. The van der Waals surface area contributed by atoms with Crippen LogP contribution in [0.4, 0.5) is 10.5 Å². The molecule has 3 rings (SSSR count). The highest BCUT2D eigenvalue weighted by molar-refractivity contribution is 6.31. The highest BCUT2D eigenvalue weighted by Gasteiger charge is 2.34. The molecule has 2 fully saturated rings. The fourth-order valence-electron chi connectivity index (χ4n) is 2.03. The number of para-hydroxylation sites is 1. The summed E-state index contributed by atoms with van der Waals surface area (Å²) in [6.07, 6.45) is 2.07. The first-order chi connectivity index (χ1) is 8.27. The fourth-order valence-corrected chi connectivity index (χ4v) is 2.37. The zero-order chi connectivity index (χ0) is 11.8. The average Bonchev–Trinajstić information content (AvgIpc) is 3.13. The van der Waals surface area contributed by atoms with E-state index in [9.17, 15) is 4.79 Å². The summed E-state index contributed by atoms with van der Waals surface area (Å²) in [7, 11) is 0. The maximum atomic E-state index is 12.2. The minimum atomic E-state index is -0.0133. The molecule has 0 atom stereocenters. The Kier molecular flexibility index (Phi) is 2.56. The second kappa shape index (κ2) is 4.08. The Balaban J connectivity index is 1.83. The summed E-state index contributed by atoms with van der Waals surface area (Å²) in [4.78, 5) is 15.7. The topological polar surface area (TPSA) is 23.6 Å². The van der Waals surface area contributed by atoms with Gasteiger partial charge in [0.15, 0.2) is 0 Å². The van der Waals surface area contributed by atoms with E-state index >= 15 is 0 Å². The maximum Gasteiger partial charge on any atom is 0.329 e. The lowest BCUT2D eigenvalue weighted by molar-refractivity contribution is 0.232. The minimum Gasteiger partial charge on any atom is -0.292 e. The van der Waals surface area contributed by atoms with Crippen molar-refractivity contribution in [1.82, 2.24) is 4.90 Å². The Morgan fingerprint density at radius 1 is 1.12 bits per heavy atom. The summed E-state index contributed by atoms with van der Waals surface area (Å²) < 4.78 is 0. The van der Waals surface area contributed by atoms with Crippen LogP contribution in [0.3, 0.4) is 0 Å². The number of allylic oxidation sites excluding steroid dienone is 1. The monoisotopic (exact) mass is 248 g/mol. The largest absolute Gasteiger partial charge is 0.329 e. The molecule has 1 heterocycles. The van der Waals surface area contributed by atoms with Crippen molar-refractivity contribution in [2.24, 2.45) is 0 Å². The van der Waals surface area contributed by atoms with Crippen molar-refractivity contribution in [3.63, 3.8) is 0 Å². The lowest BCUT2D eigenvalue weighted by Gasteiger charge is -2.17. The van der Waals surface area contributed by atoms with E-state index < -0.39 is 0 Å². The van der Waals surface area contributed by atoms with Crippen molar-refractivity contribution in [1.29, 1.82) is 0 Å². The van der Waals surface area contributed by atoms with E-state index in [0.717, 1.165) is 18.5 Å². The first-order valence-corrected chi connectivity index (χ1v) is 6.17. The number of anilines is 1. The zero-order valence-electron chi connectivity index (χ0n) is 9.40. The Bertz CT molecular complexity index is 477. The van der Waals surface area contributed by atoms with Gasteiger partial charge in [0.25, 0.3) is 0 Å². The number of rotatable bonds is 2. The number of halogens is 1. The van der Waals surface area contributed by atoms with Gasteiger partial charge in [0, 0.05) is 18.8 Å². The van der Waals surface area contributed by atoms with Crippen LogP contribution in [-0.4, -0.2) is 24.0 Å². The van der Waals surface area contributed by atoms with Crippen LogP contribution in [0, 0.1) is 0 Å². The van der Waals surface area contributed by atoms with E-state index in [2.05, 4.69) is 0 Å². The first-order valence-electron chi connectivity index (χ1n) is 5.79. The average molecular weight is 249 g/mol. The van der Waals surface area contributed by atoms with E-state index in [-0.39, 0.29) is 6.03 Å². The molecule has 1 saturated heterocycles. The summed E-state index contributed by atoms with van der Waals surface area (Å²) in [6.45, 7) is 1.38. The fraction of sp³-hybridized carbons (Fsp3) is 0.308. The number of hydrogen-bond acceptors (Lipinski definition) is 1. The van der Waals surface area contributed by atoms with Crippen LogP contribution in [0.15, 0.2) is 41.1 Å². The van der Waals surface area contributed by atoms with E-state index in [1.54, 1.807) is 9.80 Å². The minimum absolute atomic E-state index is 0.0133. The van der Waals surface area contributed by atoms with Gasteiger partial charge in [-0.05, 0) is 30.5 Å². The molecule has 0 N–H and O–H groups in total. The summed E-state index contributed by atoms with van der Waals surface area (Å²) in [6, 6.07) is 9.69. The van der Waals surface area contributed by atoms with Gasteiger partial charge in [-0.3, -0.25) is 9.80 Å². The van der Waals surface area contributed by atoms with Gasteiger partial charge in [0.05, 0.1) is 0 Å². The predicted octanol–water partition coefficient (Wildman–Crippen LogP) is 3.17. The van der Waals surface area contributed by atoms with Crippen LogP contribution in [-0.2, 0) is 0 Å². The number of carbonyl (C=O) groups is 1. The van der Waals surface area contributed by atoms with E-state index in [4.69, 9.17) is 11.6 Å². The van der Waals surface area contributed by atoms with Gasteiger partial charge in [0.2, 0.25) is 0 Å². The third-order valence-corrected chi connectivity index (χ3v) is 3.58. The number of nitrogens with zero attached hydrogens (tertiary/aromatic N) is 2. The lowest BCUT2D eigenvalue weighted by Crippen LogP contribution is -2.30. The number of carbonyl (C=O) groups excluding carboxylic acids is 1. The van der Waals surface area contributed by atoms with Crippen molar-refractivity contribution in [3.05, 3.63) is 41.1 Å². The third-order valence-electron chi connectivity index (χ3n) is 3.11. The van der Waals surface area contributed by atoms with Gasteiger partial charge in [-0.25, -0.2) is 4.79 Å². The number of urea groups is 1. The Hall–Kier alpha value is -1.48. The Labute approximate surface area is 105 Å². The summed E-state index contributed by atoms with van der Waals surface area (Å²) in [5, 5.41) is 0.647. The lowest BCUT2D eigenvalue weighted by atomic mass is 10.3. The van der Waals surface area contributed by atoms with Gasteiger partial charge in [0.1, 0.15) is 5.16 Å². The first kappa shape index (κ1) is 10.7. The predicted molar refractivity (Wildman–Crippen MR) is 68.0 cm³/mol. The van der Waals surface area contributed by atoms with Crippen molar-refractivity contribution >= 4 is 23.3 Å². The smallest absolute Gasteiger partial charge is 0.292 e. The molecule has 88 valence electrons. The van der Waals surface area contributed by atoms with E-state index in [0.29, 0.717) is 18.2 Å². The van der Waals surface area contributed by atoms with Gasteiger partial charge < -0.3 is 0 Å². The number of hydrogen-bond donors (Lipinski definition) is 0. The van der Waals surface area contributed by atoms with Crippen LogP contribution in [0.5, 0.6) is 0 Å². The van der Waals surface area contributed by atoms with Crippen molar-refractivity contribution < 1.29 is 4.79 Å². The molecular formula is C13H13ClN2O. The van der Waals surface area contributed by atoms with Gasteiger partial charge in [-0.2, -0.15) is 0 Å². The quantitative estimate of drug-likeness (QED) is 0.738. The van der Waals surface area contributed by atoms with Crippen LogP contribution in [0.1, 0.15) is 12.8 Å². The SMILES string of the molecule is O=C1N(C(Cl)=C2CC2)CCN1c1ccccc1. The molecule has 1 aliphatic heterocycles. The Morgan fingerprint density at radius 3 is 2.47 bits per heavy atom. The highest BCUT2D eigenvalue weighted by Crippen LogP contribution is 2.36. The summed E-state index contributed by atoms with van der Waals surface area (Å²) >= 11 is 6.19. The second-order valence-corrected chi connectivity index (χ2v) is 4.67. The summed E-state index contributed by atoms with van der Waals surface area (Å²) in [5.41, 5.74) is 2.14. The van der Waals surface area contributed by atoms with Crippen molar-refractivity contribution in [2.45, 2.75) is 12.8 Å². The number of amides is 2. The van der Waals surface area contributed by atoms with Crippen LogP contribution in [0.2, 0.25) is 0 Å². The molecular weight excluding hydrogens is 236 g/mol. The molecule has 3 nitrogen and oxygen atoms in total. The van der Waals surface area contributed by atoms with Crippen LogP contribution < -0.4 is 4.90 Å². The molecule has 2 aliphatic rings. The summed E-state index contributed by atoms with van der Waals surface area (Å²) in [5.74, 6) is 0. The molecule has 0 unspecified atom stereocenters. The molecule has 1 aromatic carbocycles. The molecule has 17 heavy (non-hydrogen) atoms. The molecule has 0 spiro atoms.